The maximum Gasteiger partial charge on any atom is 0.175 e. The average Bonchev–Trinajstić information content (AvgIpc) is 3.19. The van der Waals surface area contributed by atoms with Gasteiger partial charge in [-0.25, -0.2) is 0 Å². The van der Waals surface area contributed by atoms with E-state index in [0.717, 1.165) is 22.9 Å². The third kappa shape index (κ3) is 8.46. The highest BCUT2D eigenvalue weighted by molar-refractivity contribution is 8.01. The van der Waals surface area contributed by atoms with Crippen LogP contribution in [-0.4, -0.2) is 18.3 Å². The van der Waals surface area contributed by atoms with E-state index in [1.807, 2.05) is 62.4 Å². The number of hydrogen-bond donors (Lipinski definition) is 2. The first kappa shape index (κ1) is 35.3. The number of thiocarbonyl (C=S) groups is 1. The van der Waals surface area contributed by atoms with E-state index in [-0.39, 0.29) is 0 Å². The molecule has 0 saturated carbocycles. The molecule has 0 bridgehead atoms. The summed E-state index contributed by atoms with van der Waals surface area (Å²) in [4.78, 5) is 0. The first-order valence-electron chi connectivity index (χ1n) is 17.2. The standard InChI is InChI=1S/C28H22P.C17H20N2O2S/c1-4-15-24(16-5-1)29(25-17-6-2-7-18-25,26-19-8-3-9-20-26)28-22-12-14-23-13-10-11-21-27(23)28;1-3-20-15-9-5-13(6-10-15)18-17(22)19-14-7-11-16(12-8-14)21-4-2/h1-22H;5-12H,3-4H2,1-2H3,(H2,18,19,22)/q+1;. The number of nitrogens with one attached hydrogen (secondary N) is 2. The Balaban J connectivity index is 0.000000183. The molecule has 6 heteroatoms. The van der Waals surface area contributed by atoms with Gasteiger partial charge in [0.25, 0.3) is 0 Å². The molecule has 0 aliphatic carbocycles. The van der Waals surface area contributed by atoms with Crippen molar-refractivity contribution >= 4 is 68.0 Å². The summed E-state index contributed by atoms with van der Waals surface area (Å²) < 4.78 is 10.8. The summed E-state index contributed by atoms with van der Waals surface area (Å²) in [5.74, 6) is 1.69. The molecule has 0 heterocycles. The molecule has 7 aromatic carbocycles. The molecule has 0 aliphatic rings. The van der Waals surface area contributed by atoms with Crippen molar-refractivity contribution in [1.82, 2.24) is 0 Å². The minimum atomic E-state index is -2.05. The highest BCUT2D eigenvalue weighted by Gasteiger charge is 2.48. The Hall–Kier alpha value is -5.48. The smallest absolute Gasteiger partial charge is 0.175 e. The van der Waals surface area contributed by atoms with Gasteiger partial charge < -0.3 is 20.1 Å². The van der Waals surface area contributed by atoms with Crippen LogP contribution in [0.25, 0.3) is 10.8 Å². The first-order chi connectivity index (χ1) is 25.1. The summed E-state index contributed by atoms with van der Waals surface area (Å²) in [6.45, 7) is 5.24. The molecule has 0 aromatic heterocycles. The molecule has 4 nitrogen and oxygen atoms in total. The van der Waals surface area contributed by atoms with Gasteiger partial charge in [0, 0.05) is 16.8 Å². The molecule has 7 rings (SSSR count). The summed E-state index contributed by atoms with van der Waals surface area (Å²) in [6, 6.07) is 64.0. The molecular formula is C45H42N2O2PS+. The Bertz CT molecular complexity index is 1970. The van der Waals surface area contributed by atoms with E-state index < -0.39 is 7.26 Å². The van der Waals surface area contributed by atoms with Crippen LogP contribution in [0, 0.1) is 0 Å². The van der Waals surface area contributed by atoms with E-state index >= 15 is 0 Å². The van der Waals surface area contributed by atoms with Gasteiger partial charge in [-0.3, -0.25) is 0 Å². The van der Waals surface area contributed by atoms with Gasteiger partial charge in [0.05, 0.1) is 13.2 Å². The number of ether oxygens (including phenoxy) is 2. The normalized spacial score (nSPS) is 10.8. The molecule has 0 saturated heterocycles. The van der Waals surface area contributed by atoms with Crippen molar-refractivity contribution in [3.8, 4) is 11.5 Å². The molecule has 0 fully saturated rings. The summed E-state index contributed by atoms with van der Waals surface area (Å²) in [5.41, 5.74) is 1.82. The van der Waals surface area contributed by atoms with E-state index in [2.05, 4.69) is 144 Å². The van der Waals surface area contributed by atoms with Crippen molar-refractivity contribution in [1.29, 1.82) is 0 Å². The van der Waals surface area contributed by atoms with Crippen LogP contribution in [0.4, 0.5) is 11.4 Å². The molecule has 0 amide bonds. The summed E-state index contributed by atoms with van der Waals surface area (Å²) in [7, 11) is -2.05. The minimum Gasteiger partial charge on any atom is -0.494 e. The maximum atomic E-state index is 5.40. The van der Waals surface area contributed by atoms with Crippen LogP contribution in [0.1, 0.15) is 13.8 Å². The number of benzene rings is 7. The topological polar surface area (TPSA) is 42.5 Å². The Morgan fingerprint density at radius 1 is 0.471 bits per heavy atom. The summed E-state index contributed by atoms with van der Waals surface area (Å²) in [6.07, 6.45) is 0. The van der Waals surface area contributed by atoms with Crippen molar-refractivity contribution in [3.05, 3.63) is 182 Å². The molecule has 0 radical (unpaired) electrons. The van der Waals surface area contributed by atoms with Crippen LogP contribution in [0.3, 0.4) is 0 Å². The van der Waals surface area contributed by atoms with E-state index in [4.69, 9.17) is 21.7 Å². The second-order valence-corrected chi connectivity index (χ2v) is 15.5. The van der Waals surface area contributed by atoms with Crippen LogP contribution in [0.5, 0.6) is 11.5 Å². The molecule has 51 heavy (non-hydrogen) atoms. The number of hydrogen-bond acceptors (Lipinski definition) is 3. The fourth-order valence-electron chi connectivity index (χ4n) is 6.22. The van der Waals surface area contributed by atoms with E-state index in [1.54, 1.807) is 0 Å². The van der Waals surface area contributed by atoms with Crippen LogP contribution in [0.2, 0.25) is 0 Å². The highest BCUT2D eigenvalue weighted by atomic mass is 32.1. The van der Waals surface area contributed by atoms with Crippen molar-refractivity contribution in [3.63, 3.8) is 0 Å². The third-order valence-electron chi connectivity index (χ3n) is 8.40. The van der Waals surface area contributed by atoms with Crippen molar-refractivity contribution in [2.45, 2.75) is 13.8 Å². The molecule has 254 valence electrons. The van der Waals surface area contributed by atoms with Crippen molar-refractivity contribution in [2.75, 3.05) is 23.8 Å². The second-order valence-electron chi connectivity index (χ2n) is 11.7. The molecule has 0 atom stereocenters. The predicted octanol–water partition coefficient (Wildman–Crippen LogP) is 9.75. The molecule has 2 N–H and O–H groups in total. The van der Waals surface area contributed by atoms with Crippen molar-refractivity contribution in [2.24, 2.45) is 0 Å². The molecule has 7 aromatic rings. The number of fused-ring (bicyclic) bond motifs is 1. The fourth-order valence-corrected chi connectivity index (χ4v) is 10.9. The lowest BCUT2D eigenvalue weighted by Gasteiger charge is -2.28. The van der Waals surface area contributed by atoms with Crippen LogP contribution in [-0.2, 0) is 0 Å². The van der Waals surface area contributed by atoms with Gasteiger partial charge in [-0.15, -0.1) is 0 Å². The van der Waals surface area contributed by atoms with Crippen LogP contribution >= 0.6 is 19.5 Å². The number of rotatable bonds is 10. The van der Waals surface area contributed by atoms with E-state index in [9.17, 15) is 0 Å². The maximum absolute atomic E-state index is 5.40. The van der Waals surface area contributed by atoms with Crippen molar-refractivity contribution < 1.29 is 9.47 Å². The summed E-state index contributed by atoms with van der Waals surface area (Å²) in [5, 5.41) is 15.0. The fraction of sp³-hybridized carbons (Fsp3) is 0.0889. The Morgan fingerprint density at radius 2 is 0.863 bits per heavy atom. The highest BCUT2D eigenvalue weighted by Crippen LogP contribution is 2.55. The second kappa shape index (κ2) is 17.4. The SMILES string of the molecule is CCOc1ccc(NC(=S)Nc2ccc(OCC)cc2)cc1.c1ccc([P+](c2ccccc2)(c2ccccc2)c2cccc3ccccc23)cc1. The third-order valence-corrected chi connectivity index (χ3v) is 12.9. The monoisotopic (exact) mass is 705 g/mol. The lowest BCUT2D eigenvalue weighted by Crippen LogP contribution is -2.38. The zero-order valence-electron chi connectivity index (χ0n) is 28.9. The Labute approximate surface area is 307 Å². The lowest BCUT2D eigenvalue weighted by atomic mass is 10.1. The van der Waals surface area contributed by atoms with Crippen LogP contribution < -0.4 is 41.3 Å². The molecule has 0 unspecified atom stereocenters. The van der Waals surface area contributed by atoms with Gasteiger partial charge in [0.2, 0.25) is 0 Å². The van der Waals surface area contributed by atoms with Gasteiger partial charge in [-0.2, -0.15) is 0 Å². The molecule has 0 aliphatic heterocycles. The van der Waals surface area contributed by atoms with Gasteiger partial charge in [0.15, 0.2) is 5.11 Å². The quantitative estimate of drug-likeness (QED) is 0.110. The molecule has 0 spiro atoms. The van der Waals surface area contributed by atoms with Gasteiger partial charge in [-0.05, 0) is 122 Å². The van der Waals surface area contributed by atoms with E-state index in [1.165, 1.54) is 32.0 Å². The predicted molar refractivity (Wildman–Crippen MR) is 224 cm³/mol. The zero-order valence-corrected chi connectivity index (χ0v) is 30.6. The summed E-state index contributed by atoms with van der Waals surface area (Å²) >= 11 is 5.30. The lowest BCUT2D eigenvalue weighted by molar-refractivity contribution is 0.340. The van der Waals surface area contributed by atoms with Crippen LogP contribution in [0.15, 0.2) is 182 Å². The average molecular weight is 706 g/mol. The van der Waals surface area contributed by atoms with E-state index in [0.29, 0.717) is 18.3 Å². The largest absolute Gasteiger partial charge is 0.494 e. The minimum absolute atomic E-state index is 0.535. The first-order valence-corrected chi connectivity index (χ1v) is 19.4. The van der Waals surface area contributed by atoms with Gasteiger partial charge >= 0.3 is 0 Å². The van der Waals surface area contributed by atoms with Gasteiger partial charge in [-0.1, -0.05) is 91.0 Å². The molecular weight excluding hydrogens is 664 g/mol. The Morgan fingerprint density at radius 3 is 1.29 bits per heavy atom. The van der Waals surface area contributed by atoms with Gasteiger partial charge in [0.1, 0.15) is 40.0 Å². The Kier molecular flexibility index (Phi) is 12.1. The zero-order chi connectivity index (χ0) is 35.3. The number of anilines is 2.